The smallest absolute Gasteiger partial charge is 0.303 e. The number of esters is 3. The van der Waals surface area contributed by atoms with Crippen LogP contribution in [0.3, 0.4) is 0 Å². The molecule has 0 aliphatic carbocycles. The Hall–Kier alpha value is -3.27. The first-order chi connectivity index (χ1) is 14.6. The summed E-state index contributed by atoms with van der Waals surface area (Å²) in [4.78, 5) is 62.0. The number of hydrogen-bond donors (Lipinski definition) is 0. The SMILES string of the molecule is CC(=O)OCC1O[C@@H](C)C(N2C(=O)c3ccccc3C2=O)C(OC(C)=O)[C@@H]1OC(C)=O. The normalized spacial score (nSPS) is 27.5. The van der Waals surface area contributed by atoms with Gasteiger partial charge in [0.25, 0.3) is 11.8 Å². The van der Waals surface area contributed by atoms with E-state index < -0.39 is 60.2 Å². The van der Waals surface area contributed by atoms with E-state index in [1.165, 1.54) is 19.1 Å². The third-order valence-electron chi connectivity index (χ3n) is 5.08. The molecule has 10 heteroatoms. The Morgan fingerprint density at radius 1 is 0.903 bits per heavy atom. The van der Waals surface area contributed by atoms with Crippen LogP contribution in [0.2, 0.25) is 0 Å². The van der Waals surface area contributed by atoms with Gasteiger partial charge >= 0.3 is 17.9 Å². The van der Waals surface area contributed by atoms with Gasteiger partial charge < -0.3 is 18.9 Å². The molecule has 0 radical (unpaired) electrons. The van der Waals surface area contributed by atoms with Crippen molar-refractivity contribution in [3.05, 3.63) is 35.4 Å². The van der Waals surface area contributed by atoms with Crippen molar-refractivity contribution in [1.29, 1.82) is 0 Å². The molecule has 0 bridgehead atoms. The van der Waals surface area contributed by atoms with Crippen LogP contribution in [-0.4, -0.2) is 71.7 Å². The average Bonchev–Trinajstić information content (AvgIpc) is 2.93. The summed E-state index contributed by atoms with van der Waals surface area (Å²) in [6.07, 6.45) is -4.24. The topological polar surface area (TPSA) is 126 Å². The Morgan fingerprint density at radius 2 is 1.42 bits per heavy atom. The van der Waals surface area contributed by atoms with Gasteiger partial charge in [0.15, 0.2) is 12.2 Å². The highest BCUT2D eigenvalue weighted by atomic mass is 16.6. The van der Waals surface area contributed by atoms with E-state index in [1.807, 2.05) is 0 Å². The van der Waals surface area contributed by atoms with Crippen LogP contribution in [0.4, 0.5) is 0 Å². The van der Waals surface area contributed by atoms with Gasteiger partial charge in [-0.2, -0.15) is 0 Å². The molecule has 0 saturated carbocycles. The summed E-state index contributed by atoms with van der Waals surface area (Å²) in [5.74, 6) is -3.13. The van der Waals surface area contributed by atoms with Crippen molar-refractivity contribution in [2.45, 2.75) is 58.2 Å². The van der Waals surface area contributed by atoms with E-state index in [0.29, 0.717) is 0 Å². The summed E-state index contributed by atoms with van der Waals surface area (Å²) >= 11 is 0. The molecular weight excluding hydrogens is 410 g/mol. The summed E-state index contributed by atoms with van der Waals surface area (Å²) in [6.45, 7) is 4.84. The molecule has 1 aromatic carbocycles. The minimum absolute atomic E-state index is 0.215. The fraction of sp³-hybridized carbons (Fsp3) is 0.476. The van der Waals surface area contributed by atoms with Crippen molar-refractivity contribution in [3.63, 3.8) is 0 Å². The van der Waals surface area contributed by atoms with Crippen LogP contribution < -0.4 is 0 Å². The Morgan fingerprint density at radius 3 is 1.90 bits per heavy atom. The van der Waals surface area contributed by atoms with Crippen LogP contribution in [0.1, 0.15) is 48.4 Å². The van der Waals surface area contributed by atoms with Gasteiger partial charge in [0.2, 0.25) is 0 Å². The van der Waals surface area contributed by atoms with Gasteiger partial charge in [0, 0.05) is 20.8 Å². The predicted octanol–water partition coefficient (Wildman–Crippen LogP) is 0.865. The number of rotatable bonds is 5. The van der Waals surface area contributed by atoms with Gasteiger partial charge in [-0.15, -0.1) is 0 Å². The highest BCUT2D eigenvalue weighted by Crippen LogP contribution is 2.34. The Balaban J connectivity index is 2.01. The summed E-state index contributed by atoms with van der Waals surface area (Å²) < 4.78 is 21.7. The van der Waals surface area contributed by atoms with E-state index in [-0.39, 0.29) is 17.7 Å². The van der Waals surface area contributed by atoms with Crippen LogP contribution in [0.5, 0.6) is 0 Å². The van der Waals surface area contributed by atoms with Crippen molar-refractivity contribution in [3.8, 4) is 0 Å². The quantitative estimate of drug-likeness (QED) is 0.378. The second-order valence-electron chi connectivity index (χ2n) is 7.35. The van der Waals surface area contributed by atoms with Crippen molar-refractivity contribution in [2.24, 2.45) is 0 Å². The first kappa shape index (κ1) is 22.4. The average molecular weight is 433 g/mol. The molecule has 0 aromatic heterocycles. The van der Waals surface area contributed by atoms with Gasteiger partial charge in [-0.3, -0.25) is 28.9 Å². The van der Waals surface area contributed by atoms with Gasteiger partial charge in [0.1, 0.15) is 18.8 Å². The summed E-state index contributed by atoms with van der Waals surface area (Å²) in [7, 11) is 0. The number of benzene rings is 1. The fourth-order valence-electron chi connectivity index (χ4n) is 3.94. The number of hydrogen-bond acceptors (Lipinski definition) is 9. The van der Waals surface area contributed by atoms with Crippen LogP contribution in [-0.2, 0) is 33.3 Å². The Kier molecular flexibility index (Phi) is 6.40. The van der Waals surface area contributed by atoms with Crippen LogP contribution in [0.25, 0.3) is 0 Å². The summed E-state index contributed by atoms with van der Waals surface area (Å²) in [6, 6.07) is 5.24. The van der Waals surface area contributed by atoms with E-state index in [9.17, 15) is 24.0 Å². The van der Waals surface area contributed by atoms with Crippen molar-refractivity contribution in [1.82, 2.24) is 4.90 Å². The van der Waals surface area contributed by atoms with E-state index in [2.05, 4.69) is 0 Å². The molecule has 5 atom stereocenters. The maximum atomic E-state index is 13.0. The zero-order valence-corrected chi connectivity index (χ0v) is 17.5. The molecule has 2 aliphatic rings. The van der Waals surface area contributed by atoms with E-state index in [4.69, 9.17) is 18.9 Å². The molecule has 0 N–H and O–H groups in total. The van der Waals surface area contributed by atoms with Crippen molar-refractivity contribution in [2.75, 3.05) is 6.61 Å². The van der Waals surface area contributed by atoms with E-state index in [1.54, 1.807) is 19.1 Å². The van der Waals surface area contributed by atoms with Gasteiger partial charge in [-0.1, -0.05) is 12.1 Å². The molecule has 1 aromatic rings. The molecule has 3 unspecified atom stereocenters. The summed E-state index contributed by atoms with van der Waals surface area (Å²) in [5, 5.41) is 0. The molecule has 2 heterocycles. The van der Waals surface area contributed by atoms with Crippen molar-refractivity contribution >= 4 is 29.7 Å². The molecule has 2 amide bonds. The number of fused-ring (bicyclic) bond motifs is 1. The minimum atomic E-state index is -1.23. The third kappa shape index (κ3) is 4.43. The van der Waals surface area contributed by atoms with Crippen LogP contribution in [0.15, 0.2) is 24.3 Å². The highest BCUT2D eigenvalue weighted by molar-refractivity contribution is 6.21. The zero-order valence-electron chi connectivity index (χ0n) is 17.5. The summed E-state index contributed by atoms with van der Waals surface area (Å²) in [5.41, 5.74) is 0.430. The Labute approximate surface area is 178 Å². The standard InChI is InChI=1S/C21H23NO9/c1-10-17(22-20(26)14-7-5-6-8-15(14)21(22)27)19(31-13(4)25)18(30-12(3)24)16(29-10)9-28-11(2)23/h5-8,10,16-19H,9H2,1-4H3/t10-,16?,17?,18+,19?/m0/s1. The molecule has 10 nitrogen and oxygen atoms in total. The van der Waals surface area contributed by atoms with Gasteiger partial charge in [-0.05, 0) is 19.1 Å². The predicted molar refractivity (Wildman–Crippen MR) is 103 cm³/mol. The second kappa shape index (κ2) is 8.84. The lowest BCUT2D eigenvalue weighted by Gasteiger charge is -2.46. The molecule has 1 saturated heterocycles. The zero-order chi connectivity index (χ0) is 22.9. The number of amides is 2. The molecule has 31 heavy (non-hydrogen) atoms. The molecule has 0 spiro atoms. The number of ether oxygens (including phenoxy) is 4. The van der Waals surface area contributed by atoms with Crippen LogP contribution in [0, 0.1) is 0 Å². The van der Waals surface area contributed by atoms with E-state index in [0.717, 1.165) is 18.7 Å². The Bertz CT molecular complexity index is 892. The lowest BCUT2D eigenvalue weighted by molar-refractivity contribution is -0.227. The van der Waals surface area contributed by atoms with Crippen LogP contribution >= 0.6 is 0 Å². The molecule has 166 valence electrons. The molecule has 3 rings (SSSR count). The first-order valence-electron chi connectivity index (χ1n) is 9.72. The van der Waals surface area contributed by atoms with E-state index >= 15 is 0 Å². The maximum Gasteiger partial charge on any atom is 0.303 e. The third-order valence-corrected chi connectivity index (χ3v) is 5.08. The lowest BCUT2D eigenvalue weighted by Crippen LogP contribution is -2.66. The van der Waals surface area contributed by atoms with Crippen molar-refractivity contribution < 1.29 is 42.9 Å². The van der Waals surface area contributed by atoms with Gasteiger partial charge in [-0.25, -0.2) is 0 Å². The number of carbonyl (C=O) groups excluding carboxylic acids is 5. The maximum absolute atomic E-state index is 13.0. The molecular formula is C21H23NO9. The largest absolute Gasteiger partial charge is 0.463 e. The number of imide groups is 1. The monoisotopic (exact) mass is 433 g/mol. The number of carbonyl (C=O) groups is 5. The molecule has 1 fully saturated rings. The highest BCUT2D eigenvalue weighted by Gasteiger charge is 2.55. The fourth-order valence-corrected chi connectivity index (χ4v) is 3.94. The van der Waals surface area contributed by atoms with Gasteiger partial charge in [0.05, 0.1) is 17.2 Å². The minimum Gasteiger partial charge on any atom is -0.463 e. The lowest BCUT2D eigenvalue weighted by atomic mass is 9.91. The molecule has 2 aliphatic heterocycles. The first-order valence-corrected chi connectivity index (χ1v) is 9.72. The second-order valence-corrected chi connectivity index (χ2v) is 7.35. The number of nitrogens with zero attached hydrogens (tertiary/aromatic N) is 1.